The smallest absolute Gasteiger partial charge is 0.222 e. The largest absolute Gasteiger partial charge is 0.490 e. The second-order valence-corrected chi connectivity index (χ2v) is 9.19. The molecule has 3 fully saturated rings. The van der Waals surface area contributed by atoms with Gasteiger partial charge < -0.3 is 9.64 Å². The van der Waals surface area contributed by atoms with E-state index in [4.69, 9.17) is 4.74 Å². The van der Waals surface area contributed by atoms with Crippen LogP contribution in [0.3, 0.4) is 0 Å². The highest BCUT2D eigenvalue weighted by Crippen LogP contribution is 2.28. The summed E-state index contributed by atoms with van der Waals surface area (Å²) < 4.78 is 6.10. The Morgan fingerprint density at radius 2 is 1.62 bits per heavy atom. The van der Waals surface area contributed by atoms with Crippen LogP contribution in [-0.2, 0) is 4.79 Å². The van der Waals surface area contributed by atoms with E-state index in [0.717, 1.165) is 76.4 Å². The predicted octanol–water partition coefficient (Wildman–Crippen LogP) is 4.28. The summed E-state index contributed by atoms with van der Waals surface area (Å²) in [6, 6.07) is 4.51. The summed E-state index contributed by atoms with van der Waals surface area (Å²) in [5.41, 5.74) is 0. The number of carbonyl (C=O) groups excluding carboxylic acids is 1. The van der Waals surface area contributed by atoms with Crippen molar-refractivity contribution in [3.8, 4) is 5.75 Å². The Morgan fingerprint density at radius 1 is 0.931 bits per heavy atom. The van der Waals surface area contributed by atoms with Crippen molar-refractivity contribution in [2.75, 3.05) is 26.2 Å². The van der Waals surface area contributed by atoms with Crippen molar-refractivity contribution in [3.63, 3.8) is 0 Å². The molecule has 0 unspecified atom stereocenters. The maximum Gasteiger partial charge on any atom is 0.222 e. The van der Waals surface area contributed by atoms with E-state index in [9.17, 15) is 4.79 Å². The molecule has 0 aromatic carbocycles. The number of pyridine rings is 1. The fourth-order valence-electron chi connectivity index (χ4n) is 5.41. The molecule has 1 saturated carbocycles. The standard InChI is InChI=1S/C24H37N3O2/c28-24(7-6-20-4-2-1-3-5-20)27-16-10-21(11-17-27)26-18-12-23(13-19-26)29-22-8-14-25-15-9-22/h8-9,14-15,20-21,23H,1-7,10-13,16-19H2. The second kappa shape index (κ2) is 10.4. The average molecular weight is 400 g/mol. The highest BCUT2D eigenvalue weighted by Gasteiger charge is 2.30. The van der Waals surface area contributed by atoms with E-state index in [1.807, 2.05) is 12.1 Å². The summed E-state index contributed by atoms with van der Waals surface area (Å²) in [7, 11) is 0. The van der Waals surface area contributed by atoms with E-state index in [2.05, 4.69) is 14.8 Å². The van der Waals surface area contributed by atoms with Crippen molar-refractivity contribution in [1.82, 2.24) is 14.8 Å². The molecule has 5 heteroatoms. The monoisotopic (exact) mass is 399 g/mol. The lowest BCUT2D eigenvalue weighted by molar-refractivity contribution is -0.133. The topological polar surface area (TPSA) is 45.7 Å². The zero-order valence-electron chi connectivity index (χ0n) is 17.8. The van der Waals surface area contributed by atoms with Gasteiger partial charge in [-0.05, 0) is 50.2 Å². The molecule has 0 N–H and O–H groups in total. The number of carbonyl (C=O) groups is 1. The van der Waals surface area contributed by atoms with E-state index < -0.39 is 0 Å². The Labute approximate surface area is 175 Å². The summed E-state index contributed by atoms with van der Waals surface area (Å²) in [6.45, 7) is 4.11. The molecule has 5 nitrogen and oxygen atoms in total. The number of nitrogens with zero attached hydrogens (tertiary/aromatic N) is 3. The second-order valence-electron chi connectivity index (χ2n) is 9.19. The van der Waals surface area contributed by atoms with Crippen LogP contribution in [0, 0.1) is 5.92 Å². The first kappa shape index (κ1) is 20.6. The fourth-order valence-corrected chi connectivity index (χ4v) is 5.41. The van der Waals surface area contributed by atoms with Crippen LogP contribution in [0.15, 0.2) is 24.5 Å². The van der Waals surface area contributed by atoms with E-state index in [0.29, 0.717) is 18.1 Å². The van der Waals surface area contributed by atoms with E-state index >= 15 is 0 Å². The molecule has 160 valence electrons. The van der Waals surface area contributed by atoms with Crippen LogP contribution in [0.1, 0.15) is 70.6 Å². The minimum absolute atomic E-state index is 0.315. The highest BCUT2D eigenvalue weighted by atomic mass is 16.5. The third kappa shape index (κ3) is 5.94. The zero-order valence-corrected chi connectivity index (χ0v) is 17.8. The van der Waals surface area contributed by atoms with Crippen molar-refractivity contribution in [2.45, 2.75) is 82.8 Å². The molecule has 1 aromatic heterocycles. The SMILES string of the molecule is O=C(CCC1CCCCC1)N1CCC(N2CCC(Oc3ccncc3)CC2)CC1. The lowest BCUT2D eigenvalue weighted by atomic mass is 9.86. The normalized spacial score (nSPS) is 23.2. The molecule has 0 spiro atoms. The molecule has 3 heterocycles. The summed E-state index contributed by atoms with van der Waals surface area (Å²) >= 11 is 0. The van der Waals surface area contributed by atoms with Crippen molar-refractivity contribution in [3.05, 3.63) is 24.5 Å². The first-order valence-corrected chi connectivity index (χ1v) is 11.9. The summed E-state index contributed by atoms with van der Waals surface area (Å²) in [5.74, 6) is 2.14. The molecule has 0 bridgehead atoms. The van der Waals surface area contributed by atoms with Crippen LogP contribution in [-0.4, -0.2) is 59.0 Å². The molecule has 1 amide bonds. The van der Waals surface area contributed by atoms with Gasteiger partial charge in [-0.15, -0.1) is 0 Å². The Kier molecular flexibility index (Phi) is 7.42. The lowest BCUT2D eigenvalue weighted by Crippen LogP contribution is -2.50. The predicted molar refractivity (Wildman–Crippen MR) is 115 cm³/mol. The van der Waals surface area contributed by atoms with Crippen LogP contribution in [0.5, 0.6) is 5.75 Å². The number of aromatic nitrogens is 1. The number of hydrogen-bond acceptors (Lipinski definition) is 4. The number of piperidine rings is 2. The Bertz CT molecular complexity index is 616. The molecular formula is C24H37N3O2. The average Bonchev–Trinajstić information content (AvgIpc) is 2.79. The Hall–Kier alpha value is -1.62. The first-order chi connectivity index (χ1) is 14.3. The van der Waals surface area contributed by atoms with Crippen LogP contribution < -0.4 is 4.74 Å². The maximum absolute atomic E-state index is 12.6. The van der Waals surface area contributed by atoms with Gasteiger partial charge in [-0.1, -0.05) is 32.1 Å². The Balaban J connectivity index is 1.14. The molecular weight excluding hydrogens is 362 g/mol. The third-order valence-electron chi connectivity index (χ3n) is 7.25. The Morgan fingerprint density at radius 3 is 2.31 bits per heavy atom. The minimum Gasteiger partial charge on any atom is -0.490 e. The molecule has 1 aromatic rings. The van der Waals surface area contributed by atoms with Gasteiger partial charge in [0.15, 0.2) is 0 Å². The van der Waals surface area contributed by atoms with Gasteiger partial charge in [0, 0.05) is 51.0 Å². The molecule has 0 radical (unpaired) electrons. The minimum atomic E-state index is 0.315. The van der Waals surface area contributed by atoms with Gasteiger partial charge in [0.25, 0.3) is 0 Å². The quantitative estimate of drug-likeness (QED) is 0.716. The van der Waals surface area contributed by atoms with E-state index in [1.165, 1.54) is 32.1 Å². The van der Waals surface area contributed by atoms with Gasteiger partial charge in [-0.2, -0.15) is 0 Å². The summed E-state index contributed by atoms with van der Waals surface area (Å²) in [4.78, 5) is 21.5. The van der Waals surface area contributed by atoms with Crippen LogP contribution in [0.2, 0.25) is 0 Å². The fraction of sp³-hybridized carbons (Fsp3) is 0.750. The van der Waals surface area contributed by atoms with Crippen molar-refractivity contribution < 1.29 is 9.53 Å². The third-order valence-corrected chi connectivity index (χ3v) is 7.25. The van der Waals surface area contributed by atoms with E-state index in [1.54, 1.807) is 12.4 Å². The van der Waals surface area contributed by atoms with Crippen LogP contribution in [0.25, 0.3) is 0 Å². The molecule has 3 aliphatic rings. The van der Waals surface area contributed by atoms with E-state index in [-0.39, 0.29) is 0 Å². The first-order valence-electron chi connectivity index (χ1n) is 11.9. The highest BCUT2D eigenvalue weighted by molar-refractivity contribution is 5.76. The molecule has 0 atom stereocenters. The van der Waals surface area contributed by atoms with Gasteiger partial charge in [-0.3, -0.25) is 14.7 Å². The van der Waals surface area contributed by atoms with Gasteiger partial charge in [0.1, 0.15) is 11.9 Å². The number of amides is 1. The molecule has 2 saturated heterocycles. The van der Waals surface area contributed by atoms with Gasteiger partial charge in [-0.25, -0.2) is 0 Å². The van der Waals surface area contributed by atoms with Crippen LogP contribution >= 0.6 is 0 Å². The lowest BCUT2D eigenvalue weighted by Gasteiger charge is -2.41. The van der Waals surface area contributed by atoms with Gasteiger partial charge in [0.05, 0.1) is 0 Å². The van der Waals surface area contributed by atoms with Crippen LogP contribution in [0.4, 0.5) is 0 Å². The summed E-state index contributed by atoms with van der Waals surface area (Å²) in [5, 5.41) is 0. The number of hydrogen-bond donors (Lipinski definition) is 0. The molecule has 4 rings (SSSR count). The van der Waals surface area contributed by atoms with Crippen molar-refractivity contribution >= 4 is 5.91 Å². The number of likely N-dealkylation sites (tertiary alicyclic amines) is 2. The summed E-state index contributed by atoms with van der Waals surface area (Å²) in [6.07, 6.45) is 17.0. The zero-order chi connectivity index (χ0) is 19.9. The van der Waals surface area contributed by atoms with Gasteiger partial charge >= 0.3 is 0 Å². The van der Waals surface area contributed by atoms with Crippen molar-refractivity contribution in [2.24, 2.45) is 5.92 Å². The molecule has 1 aliphatic carbocycles. The molecule has 2 aliphatic heterocycles. The maximum atomic E-state index is 12.6. The van der Waals surface area contributed by atoms with Gasteiger partial charge in [0.2, 0.25) is 5.91 Å². The number of ether oxygens (including phenoxy) is 1. The van der Waals surface area contributed by atoms with Crippen molar-refractivity contribution in [1.29, 1.82) is 0 Å². The molecule has 29 heavy (non-hydrogen) atoms. The number of rotatable bonds is 6.